The van der Waals surface area contributed by atoms with Gasteiger partial charge in [0.15, 0.2) is 0 Å². The summed E-state index contributed by atoms with van der Waals surface area (Å²) in [6, 6.07) is 2.80. The number of nitrogens with two attached hydrogens (primary N) is 1. The minimum atomic E-state index is -0.372. The van der Waals surface area contributed by atoms with Crippen LogP contribution in [0.25, 0.3) is 0 Å². The van der Waals surface area contributed by atoms with Crippen LogP contribution in [0.15, 0.2) is 18.3 Å². The van der Waals surface area contributed by atoms with Crippen molar-refractivity contribution in [3.8, 4) is 0 Å². The molecule has 0 spiro atoms. The highest BCUT2D eigenvalue weighted by molar-refractivity contribution is 5.92. The molecule has 6 nitrogen and oxygen atoms in total. The molecule has 0 aromatic carbocycles. The van der Waals surface area contributed by atoms with Crippen LogP contribution < -0.4 is 11.1 Å². The van der Waals surface area contributed by atoms with Crippen molar-refractivity contribution in [1.82, 2.24) is 10.3 Å². The summed E-state index contributed by atoms with van der Waals surface area (Å²) in [4.78, 5) is 26.5. The zero-order valence-electron chi connectivity index (χ0n) is 9.77. The Kier molecular flexibility index (Phi) is 4.45. The first kappa shape index (κ1) is 13.0. The second kappa shape index (κ2) is 5.83. The van der Waals surface area contributed by atoms with Crippen molar-refractivity contribution in [2.45, 2.75) is 19.4 Å². The molecule has 1 atom stereocenters. The first-order valence-electron chi connectivity index (χ1n) is 5.12. The molecule has 1 amide bonds. The standard InChI is InChI=1S/C11H15N3O3/c1-7(5-10(15)17-2)14-11(16)9-4-3-8(12)6-13-9/h3-4,6-7H,5,12H2,1-2H3,(H,14,16). The molecule has 1 aromatic heterocycles. The van der Waals surface area contributed by atoms with Crippen LogP contribution in [-0.2, 0) is 9.53 Å². The smallest absolute Gasteiger partial charge is 0.307 e. The number of methoxy groups -OCH3 is 1. The number of nitrogens with zero attached hydrogens (tertiary/aromatic N) is 1. The fourth-order valence-electron chi connectivity index (χ4n) is 1.22. The summed E-state index contributed by atoms with van der Waals surface area (Å²) in [5, 5.41) is 2.64. The van der Waals surface area contributed by atoms with Crippen LogP contribution in [0.4, 0.5) is 5.69 Å². The third-order valence-corrected chi connectivity index (χ3v) is 2.10. The fraction of sp³-hybridized carbons (Fsp3) is 0.364. The number of nitrogen functional groups attached to an aromatic ring is 1. The summed E-state index contributed by atoms with van der Waals surface area (Å²) in [7, 11) is 1.30. The first-order chi connectivity index (χ1) is 8.02. The second-order valence-corrected chi connectivity index (χ2v) is 3.63. The highest BCUT2D eigenvalue weighted by Gasteiger charge is 2.13. The number of carbonyl (C=O) groups excluding carboxylic acids is 2. The molecule has 17 heavy (non-hydrogen) atoms. The number of amides is 1. The van der Waals surface area contributed by atoms with Crippen molar-refractivity contribution < 1.29 is 14.3 Å². The van der Waals surface area contributed by atoms with Gasteiger partial charge in [0.25, 0.3) is 5.91 Å². The van der Waals surface area contributed by atoms with Gasteiger partial charge in [-0.05, 0) is 19.1 Å². The van der Waals surface area contributed by atoms with Crippen LogP contribution in [0.1, 0.15) is 23.8 Å². The van der Waals surface area contributed by atoms with Crippen LogP contribution >= 0.6 is 0 Å². The predicted octanol–water partition coefficient (Wildman–Crippen LogP) is 0.345. The zero-order valence-corrected chi connectivity index (χ0v) is 9.77. The number of ether oxygens (including phenoxy) is 1. The van der Waals surface area contributed by atoms with Crippen molar-refractivity contribution in [3.05, 3.63) is 24.0 Å². The Labute approximate surface area is 99.2 Å². The lowest BCUT2D eigenvalue weighted by atomic mass is 10.2. The van der Waals surface area contributed by atoms with E-state index in [9.17, 15) is 9.59 Å². The van der Waals surface area contributed by atoms with Crippen LogP contribution in [0.2, 0.25) is 0 Å². The lowest BCUT2D eigenvalue weighted by molar-refractivity contribution is -0.141. The number of carbonyl (C=O) groups is 2. The van der Waals surface area contributed by atoms with E-state index >= 15 is 0 Å². The summed E-state index contributed by atoms with van der Waals surface area (Å²) in [6.07, 6.45) is 1.52. The number of hydrogen-bond donors (Lipinski definition) is 2. The van der Waals surface area contributed by atoms with E-state index in [2.05, 4.69) is 15.0 Å². The number of rotatable bonds is 4. The summed E-state index contributed by atoms with van der Waals surface area (Å²) in [5.74, 6) is -0.718. The zero-order chi connectivity index (χ0) is 12.8. The van der Waals surface area contributed by atoms with E-state index in [0.717, 1.165) is 0 Å². The molecule has 0 aliphatic rings. The second-order valence-electron chi connectivity index (χ2n) is 3.63. The Morgan fingerprint density at radius 3 is 2.76 bits per heavy atom. The van der Waals surface area contributed by atoms with Gasteiger partial charge in [-0.25, -0.2) is 4.98 Å². The number of esters is 1. The topological polar surface area (TPSA) is 94.3 Å². The Morgan fingerprint density at radius 2 is 2.24 bits per heavy atom. The summed E-state index contributed by atoms with van der Waals surface area (Å²) in [5.41, 5.74) is 6.21. The van der Waals surface area contributed by atoms with Gasteiger partial charge >= 0.3 is 5.97 Å². The van der Waals surface area contributed by atoms with Crippen molar-refractivity contribution >= 4 is 17.6 Å². The number of anilines is 1. The molecular weight excluding hydrogens is 222 g/mol. The number of hydrogen-bond acceptors (Lipinski definition) is 5. The molecule has 0 bridgehead atoms. The average molecular weight is 237 g/mol. The van der Waals surface area contributed by atoms with Gasteiger partial charge in [0.05, 0.1) is 25.4 Å². The highest BCUT2D eigenvalue weighted by Crippen LogP contribution is 2.02. The predicted molar refractivity (Wildman–Crippen MR) is 62.2 cm³/mol. The van der Waals surface area contributed by atoms with Crippen LogP contribution in [0.5, 0.6) is 0 Å². The van der Waals surface area contributed by atoms with E-state index in [-0.39, 0.29) is 30.0 Å². The Morgan fingerprint density at radius 1 is 1.53 bits per heavy atom. The monoisotopic (exact) mass is 237 g/mol. The molecule has 1 heterocycles. The van der Waals surface area contributed by atoms with Crippen molar-refractivity contribution in [2.75, 3.05) is 12.8 Å². The number of pyridine rings is 1. The van der Waals surface area contributed by atoms with Gasteiger partial charge < -0.3 is 15.8 Å². The molecule has 6 heteroatoms. The van der Waals surface area contributed by atoms with E-state index in [1.54, 1.807) is 13.0 Å². The fourth-order valence-corrected chi connectivity index (χ4v) is 1.22. The molecule has 92 valence electrons. The largest absolute Gasteiger partial charge is 0.469 e. The van der Waals surface area contributed by atoms with Gasteiger partial charge in [0.1, 0.15) is 5.69 Å². The van der Waals surface area contributed by atoms with E-state index < -0.39 is 0 Å². The Hall–Kier alpha value is -2.11. The maximum Gasteiger partial charge on any atom is 0.307 e. The third kappa shape index (κ3) is 4.10. The quantitative estimate of drug-likeness (QED) is 0.736. The van der Waals surface area contributed by atoms with Crippen molar-refractivity contribution in [3.63, 3.8) is 0 Å². The lowest BCUT2D eigenvalue weighted by Gasteiger charge is -2.11. The molecular formula is C11H15N3O3. The van der Waals surface area contributed by atoms with Crippen molar-refractivity contribution in [2.24, 2.45) is 0 Å². The molecule has 0 saturated heterocycles. The van der Waals surface area contributed by atoms with E-state index in [4.69, 9.17) is 5.73 Å². The van der Waals surface area contributed by atoms with Gasteiger partial charge in [-0.15, -0.1) is 0 Å². The lowest BCUT2D eigenvalue weighted by Crippen LogP contribution is -2.34. The van der Waals surface area contributed by atoms with Gasteiger partial charge in [0.2, 0.25) is 0 Å². The van der Waals surface area contributed by atoms with Gasteiger partial charge in [-0.2, -0.15) is 0 Å². The highest BCUT2D eigenvalue weighted by atomic mass is 16.5. The molecule has 3 N–H and O–H groups in total. The number of nitrogens with one attached hydrogen (secondary N) is 1. The molecule has 1 unspecified atom stereocenters. The normalized spacial score (nSPS) is 11.6. The molecule has 0 fully saturated rings. The molecule has 1 rings (SSSR count). The minimum absolute atomic E-state index is 0.122. The minimum Gasteiger partial charge on any atom is -0.469 e. The Balaban J connectivity index is 2.54. The van der Waals surface area contributed by atoms with Gasteiger partial charge in [-0.1, -0.05) is 0 Å². The average Bonchev–Trinajstić information content (AvgIpc) is 2.29. The van der Waals surface area contributed by atoms with Crippen LogP contribution in [0.3, 0.4) is 0 Å². The van der Waals surface area contributed by atoms with E-state index in [1.807, 2.05) is 0 Å². The van der Waals surface area contributed by atoms with Crippen LogP contribution in [0, 0.1) is 0 Å². The molecule has 1 aromatic rings. The van der Waals surface area contributed by atoms with E-state index in [0.29, 0.717) is 5.69 Å². The SMILES string of the molecule is COC(=O)CC(C)NC(=O)c1ccc(N)cn1. The maximum absolute atomic E-state index is 11.7. The Bertz CT molecular complexity index is 403. The summed E-state index contributed by atoms with van der Waals surface area (Å²) in [6.45, 7) is 1.71. The molecule has 0 aliphatic carbocycles. The molecule has 0 radical (unpaired) electrons. The maximum atomic E-state index is 11.7. The third-order valence-electron chi connectivity index (χ3n) is 2.10. The first-order valence-corrected chi connectivity index (χ1v) is 5.12. The van der Waals surface area contributed by atoms with Crippen molar-refractivity contribution in [1.29, 1.82) is 0 Å². The van der Waals surface area contributed by atoms with Crippen LogP contribution in [-0.4, -0.2) is 30.0 Å². The molecule has 0 saturated carbocycles. The van der Waals surface area contributed by atoms with Gasteiger partial charge in [0, 0.05) is 6.04 Å². The molecule has 0 aliphatic heterocycles. The summed E-state index contributed by atoms with van der Waals surface area (Å²) < 4.78 is 4.50. The van der Waals surface area contributed by atoms with Gasteiger partial charge in [-0.3, -0.25) is 9.59 Å². The van der Waals surface area contributed by atoms with E-state index in [1.165, 1.54) is 19.4 Å². The number of aromatic nitrogens is 1. The summed E-state index contributed by atoms with van der Waals surface area (Å²) >= 11 is 0.